The third kappa shape index (κ3) is 2.70. The first-order chi connectivity index (χ1) is 6.65. The molecule has 0 aliphatic rings. The quantitative estimate of drug-likeness (QED) is 0.783. The van der Waals surface area contributed by atoms with Crippen molar-refractivity contribution in [2.24, 2.45) is 0 Å². The Hall–Kier alpha value is -1.09. The first-order valence-electron chi connectivity index (χ1n) is 4.56. The van der Waals surface area contributed by atoms with Crippen molar-refractivity contribution in [2.75, 3.05) is 5.32 Å². The zero-order valence-corrected chi connectivity index (χ0v) is 9.06. The van der Waals surface area contributed by atoms with E-state index < -0.39 is 0 Å². The molecular weight excluding hydrogens is 200 g/mol. The van der Waals surface area contributed by atoms with E-state index in [1.807, 2.05) is 19.9 Å². The first kappa shape index (κ1) is 11.0. The van der Waals surface area contributed by atoms with Gasteiger partial charge in [-0.15, -0.1) is 0 Å². The molecule has 1 aromatic rings. The predicted molar refractivity (Wildman–Crippen MR) is 57.5 cm³/mol. The van der Waals surface area contributed by atoms with Crippen molar-refractivity contribution in [1.82, 2.24) is 4.98 Å². The molecule has 4 heteroatoms. The molecule has 1 rings (SSSR count). The van der Waals surface area contributed by atoms with Crippen LogP contribution in [0.1, 0.15) is 25.3 Å². The molecule has 1 aromatic heterocycles. The molecule has 0 fully saturated rings. The molecule has 0 unspecified atom stereocenters. The molecule has 0 saturated carbocycles. The number of halogens is 1. The molecule has 3 nitrogen and oxygen atoms in total. The van der Waals surface area contributed by atoms with Gasteiger partial charge in [-0.25, -0.2) is 4.98 Å². The maximum atomic E-state index is 11.3. The standard InChI is InChI=1S/C10H13ClN2O/c1-3-4-8(14)13-9-7(2)5-6-12-10(9)11/h5-6H,3-4H2,1-2H3,(H,13,14). The van der Waals surface area contributed by atoms with Crippen LogP contribution in [0.2, 0.25) is 5.15 Å². The van der Waals surface area contributed by atoms with E-state index in [9.17, 15) is 4.79 Å². The van der Waals surface area contributed by atoms with Crippen molar-refractivity contribution in [3.05, 3.63) is 23.0 Å². The van der Waals surface area contributed by atoms with E-state index >= 15 is 0 Å². The third-order valence-electron chi connectivity index (χ3n) is 1.85. The van der Waals surface area contributed by atoms with Gasteiger partial charge in [-0.2, -0.15) is 0 Å². The number of pyridine rings is 1. The summed E-state index contributed by atoms with van der Waals surface area (Å²) >= 11 is 5.85. The summed E-state index contributed by atoms with van der Waals surface area (Å²) in [6.45, 7) is 3.84. The van der Waals surface area contributed by atoms with Crippen molar-refractivity contribution >= 4 is 23.2 Å². The highest BCUT2D eigenvalue weighted by molar-refractivity contribution is 6.32. The summed E-state index contributed by atoms with van der Waals surface area (Å²) < 4.78 is 0. The number of hydrogen-bond acceptors (Lipinski definition) is 2. The molecule has 76 valence electrons. The monoisotopic (exact) mass is 212 g/mol. The number of aryl methyl sites for hydroxylation is 1. The van der Waals surface area contributed by atoms with E-state index in [0.717, 1.165) is 12.0 Å². The van der Waals surface area contributed by atoms with Gasteiger partial charge in [-0.1, -0.05) is 18.5 Å². The van der Waals surface area contributed by atoms with E-state index in [-0.39, 0.29) is 5.91 Å². The van der Waals surface area contributed by atoms with E-state index in [1.165, 1.54) is 0 Å². The van der Waals surface area contributed by atoms with Crippen LogP contribution in [0.5, 0.6) is 0 Å². The Morgan fingerprint density at radius 3 is 2.93 bits per heavy atom. The maximum absolute atomic E-state index is 11.3. The second kappa shape index (κ2) is 4.96. The van der Waals surface area contributed by atoms with Gasteiger partial charge in [0, 0.05) is 12.6 Å². The van der Waals surface area contributed by atoms with Gasteiger partial charge in [-0.3, -0.25) is 4.79 Å². The molecule has 0 aliphatic heterocycles. The highest BCUT2D eigenvalue weighted by Crippen LogP contribution is 2.22. The molecular formula is C10H13ClN2O. The lowest BCUT2D eigenvalue weighted by molar-refractivity contribution is -0.116. The normalized spacial score (nSPS) is 9.93. The fourth-order valence-electron chi connectivity index (χ4n) is 1.10. The molecule has 0 saturated heterocycles. The number of aromatic nitrogens is 1. The summed E-state index contributed by atoms with van der Waals surface area (Å²) in [5, 5.41) is 3.09. The summed E-state index contributed by atoms with van der Waals surface area (Å²) in [5.41, 5.74) is 1.54. The van der Waals surface area contributed by atoms with Crippen molar-refractivity contribution in [1.29, 1.82) is 0 Å². The van der Waals surface area contributed by atoms with Gasteiger partial charge in [0.2, 0.25) is 5.91 Å². The van der Waals surface area contributed by atoms with Gasteiger partial charge in [0.25, 0.3) is 0 Å². The Balaban J connectivity index is 2.80. The highest BCUT2D eigenvalue weighted by Gasteiger charge is 2.07. The molecule has 1 amide bonds. The van der Waals surface area contributed by atoms with E-state index in [0.29, 0.717) is 17.3 Å². The van der Waals surface area contributed by atoms with E-state index in [4.69, 9.17) is 11.6 Å². The van der Waals surface area contributed by atoms with Gasteiger partial charge < -0.3 is 5.32 Å². The SMILES string of the molecule is CCCC(=O)Nc1c(C)ccnc1Cl. The van der Waals surface area contributed by atoms with E-state index in [2.05, 4.69) is 10.3 Å². The average molecular weight is 213 g/mol. The van der Waals surface area contributed by atoms with Gasteiger partial charge in [0.05, 0.1) is 5.69 Å². The maximum Gasteiger partial charge on any atom is 0.224 e. The number of carbonyl (C=O) groups is 1. The fourth-order valence-corrected chi connectivity index (χ4v) is 1.36. The van der Waals surface area contributed by atoms with Crippen LogP contribution < -0.4 is 5.32 Å². The second-order valence-electron chi connectivity index (χ2n) is 3.09. The number of nitrogens with zero attached hydrogens (tertiary/aromatic N) is 1. The average Bonchev–Trinajstić information content (AvgIpc) is 2.12. The number of carbonyl (C=O) groups excluding carboxylic acids is 1. The number of anilines is 1. The van der Waals surface area contributed by atoms with Crippen molar-refractivity contribution < 1.29 is 4.79 Å². The Kier molecular flexibility index (Phi) is 3.89. The Morgan fingerprint density at radius 2 is 2.36 bits per heavy atom. The lowest BCUT2D eigenvalue weighted by atomic mass is 10.2. The molecule has 1 heterocycles. The van der Waals surface area contributed by atoms with Crippen LogP contribution in [-0.2, 0) is 4.79 Å². The number of amides is 1. The minimum Gasteiger partial charge on any atom is -0.323 e. The summed E-state index contributed by atoms with van der Waals surface area (Å²) in [4.78, 5) is 15.2. The molecule has 1 N–H and O–H groups in total. The minimum atomic E-state index is -0.0227. The molecule has 0 atom stereocenters. The smallest absolute Gasteiger partial charge is 0.224 e. The van der Waals surface area contributed by atoms with Gasteiger partial charge in [0.1, 0.15) is 0 Å². The van der Waals surface area contributed by atoms with Crippen LogP contribution in [-0.4, -0.2) is 10.9 Å². The first-order valence-corrected chi connectivity index (χ1v) is 4.94. The van der Waals surface area contributed by atoms with Crippen LogP contribution in [0, 0.1) is 6.92 Å². The topological polar surface area (TPSA) is 42.0 Å². The van der Waals surface area contributed by atoms with Crippen molar-refractivity contribution in [3.8, 4) is 0 Å². The van der Waals surface area contributed by atoms with Crippen LogP contribution in [0.3, 0.4) is 0 Å². The van der Waals surface area contributed by atoms with Crippen LogP contribution >= 0.6 is 11.6 Å². The van der Waals surface area contributed by atoms with E-state index in [1.54, 1.807) is 6.20 Å². The highest BCUT2D eigenvalue weighted by atomic mass is 35.5. The molecule has 0 aliphatic carbocycles. The molecule has 0 bridgehead atoms. The van der Waals surface area contributed by atoms with Gasteiger partial charge >= 0.3 is 0 Å². The minimum absolute atomic E-state index is 0.0227. The van der Waals surface area contributed by atoms with Crippen LogP contribution in [0.25, 0.3) is 0 Å². The van der Waals surface area contributed by atoms with Gasteiger partial charge in [-0.05, 0) is 25.0 Å². The fraction of sp³-hybridized carbons (Fsp3) is 0.400. The van der Waals surface area contributed by atoms with Gasteiger partial charge in [0.15, 0.2) is 5.15 Å². The Morgan fingerprint density at radius 1 is 1.64 bits per heavy atom. The predicted octanol–water partition coefficient (Wildman–Crippen LogP) is 2.78. The second-order valence-corrected chi connectivity index (χ2v) is 3.45. The molecule has 0 spiro atoms. The summed E-state index contributed by atoms with van der Waals surface area (Å²) in [6, 6.07) is 1.81. The summed E-state index contributed by atoms with van der Waals surface area (Å²) in [6.07, 6.45) is 2.95. The van der Waals surface area contributed by atoms with Crippen LogP contribution in [0.4, 0.5) is 5.69 Å². The lowest BCUT2D eigenvalue weighted by Gasteiger charge is -2.08. The third-order valence-corrected chi connectivity index (χ3v) is 2.14. The summed E-state index contributed by atoms with van der Waals surface area (Å²) in [5.74, 6) is -0.0227. The molecule has 14 heavy (non-hydrogen) atoms. The van der Waals surface area contributed by atoms with Crippen molar-refractivity contribution in [2.45, 2.75) is 26.7 Å². The number of nitrogens with one attached hydrogen (secondary N) is 1. The zero-order chi connectivity index (χ0) is 10.6. The van der Waals surface area contributed by atoms with Crippen LogP contribution in [0.15, 0.2) is 12.3 Å². The number of hydrogen-bond donors (Lipinski definition) is 1. The number of rotatable bonds is 3. The van der Waals surface area contributed by atoms with Crippen molar-refractivity contribution in [3.63, 3.8) is 0 Å². The summed E-state index contributed by atoms with van der Waals surface area (Å²) in [7, 11) is 0. The molecule has 0 aromatic carbocycles. The zero-order valence-electron chi connectivity index (χ0n) is 8.30. The molecule has 0 radical (unpaired) electrons. The Bertz CT molecular complexity index is 319. The Labute approximate surface area is 88.5 Å². The largest absolute Gasteiger partial charge is 0.323 e. The lowest BCUT2D eigenvalue weighted by Crippen LogP contribution is -2.12.